The molecule has 1 atom stereocenters. The van der Waals surface area contributed by atoms with Gasteiger partial charge in [-0.2, -0.15) is 5.26 Å². The fourth-order valence-electron chi connectivity index (χ4n) is 4.77. The molecule has 3 N–H and O–H groups in total. The van der Waals surface area contributed by atoms with Crippen LogP contribution >= 0.6 is 11.6 Å². The molecule has 44 heavy (non-hydrogen) atoms. The molecule has 0 saturated heterocycles. The van der Waals surface area contributed by atoms with Gasteiger partial charge in [-0.25, -0.2) is 0 Å². The standard InChI is InChI=1S/C35H32ClN3O5/c1-4-26-7-5-9-30(22(26)2)31-10-6-8-27(23(31)3)21-44-34-14-33(43-20-25-11-24(15-37)16-38-17-25)28(12-32(34)36)18-39-19-29(40)13-35(41)42/h1,5-12,14,16-17,29,39-40H,13,18-21H2,2-3H3,(H,41,42)/t29-/m0/s1. The Morgan fingerprint density at radius 1 is 1.02 bits per heavy atom. The summed E-state index contributed by atoms with van der Waals surface area (Å²) in [5.41, 5.74) is 7.85. The number of terminal acetylenes is 1. The zero-order valence-electron chi connectivity index (χ0n) is 24.4. The van der Waals surface area contributed by atoms with E-state index < -0.39 is 12.1 Å². The fraction of sp³-hybridized carbons (Fsp3) is 0.229. The summed E-state index contributed by atoms with van der Waals surface area (Å²) in [6.45, 7) is 4.76. The second-order valence-corrected chi connectivity index (χ2v) is 10.7. The minimum atomic E-state index is -1.09. The van der Waals surface area contributed by atoms with E-state index >= 15 is 0 Å². The summed E-state index contributed by atoms with van der Waals surface area (Å²) in [6, 6.07) is 19.2. The quantitative estimate of drug-likeness (QED) is 0.159. The molecule has 0 aliphatic carbocycles. The first kappa shape index (κ1) is 32.1. The monoisotopic (exact) mass is 609 g/mol. The van der Waals surface area contributed by atoms with Crippen LogP contribution in [0.5, 0.6) is 11.5 Å². The maximum absolute atomic E-state index is 10.9. The highest BCUT2D eigenvalue weighted by molar-refractivity contribution is 6.32. The number of rotatable bonds is 13. The lowest BCUT2D eigenvalue weighted by Crippen LogP contribution is -2.28. The number of aromatic nitrogens is 1. The molecule has 0 aliphatic heterocycles. The molecule has 0 aliphatic rings. The van der Waals surface area contributed by atoms with Crippen LogP contribution in [0.1, 0.15) is 45.4 Å². The lowest BCUT2D eigenvalue weighted by atomic mass is 9.92. The number of carboxylic acids is 1. The number of benzene rings is 3. The average Bonchev–Trinajstić information content (AvgIpc) is 3.00. The summed E-state index contributed by atoms with van der Waals surface area (Å²) in [7, 11) is 0. The number of carboxylic acid groups (broad SMARTS) is 1. The zero-order valence-corrected chi connectivity index (χ0v) is 25.2. The van der Waals surface area contributed by atoms with Crippen molar-refractivity contribution in [1.82, 2.24) is 10.3 Å². The molecular formula is C35H32ClN3O5. The summed E-state index contributed by atoms with van der Waals surface area (Å²) in [4.78, 5) is 15.0. The molecule has 224 valence electrons. The van der Waals surface area contributed by atoms with Gasteiger partial charge in [0.2, 0.25) is 0 Å². The van der Waals surface area contributed by atoms with Gasteiger partial charge < -0.3 is 25.0 Å². The van der Waals surface area contributed by atoms with Gasteiger partial charge in [0.05, 0.1) is 23.1 Å². The van der Waals surface area contributed by atoms with E-state index in [0.29, 0.717) is 33.2 Å². The predicted molar refractivity (Wildman–Crippen MR) is 168 cm³/mol. The van der Waals surface area contributed by atoms with Crippen LogP contribution in [0.15, 0.2) is 67.0 Å². The molecule has 0 fully saturated rings. The van der Waals surface area contributed by atoms with Gasteiger partial charge in [0.15, 0.2) is 0 Å². The molecule has 0 bridgehead atoms. The van der Waals surface area contributed by atoms with Crippen LogP contribution < -0.4 is 14.8 Å². The van der Waals surface area contributed by atoms with Gasteiger partial charge in [0, 0.05) is 48.2 Å². The Labute approximate surface area is 261 Å². The Kier molecular flexibility index (Phi) is 11.0. The van der Waals surface area contributed by atoms with E-state index in [2.05, 4.69) is 34.4 Å². The highest BCUT2D eigenvalue weighted by Gasteiger charge is 2.16. The van der Waals surface area contributed by atoms with Gasteiger partial charge in [-0.3, -0.25) is 9.78 Å². The van der Waals surface area contributed by atoms with Crippen molar-refractivity contribution in [2.45, 2.75) is 46.1 Å². The molecule has 4 rings (SSSR count). The second kappa shape index (κ2) is 15.0. The number of halogens is 1. The molecule has 0 saturated carbocycles. The predicted octanol–water partition coefficient (Wildman–Crippen LogP) is 5.96. The van der Waals surface area contributed by atoms with Crippen molar-refractivity contribution in [3.05, 3.63) is 111 Å². The first-order valence-electron chi connectivity index (χ1n) is 13.9. The molecule has 0 spiro atoms. The normalized spacial score (nSPS) is 11.3. The third-order valence-corrected chi connectivity index (χ3v) is 7.44. The smallest absolute Gasteiger partial charge is 0.306 e. The van der Waals surface area contributed by atoms with Crippen molar-refractivity contribution >= 4 is 17.6 Å². The van der Waals surface area contributed by atoms with Gasteiger partial charge in [-0.15, -0.1) is 6.42 Å². The maximum atomic E-state index is 10.9. The van der Waals surface area contributed by atoms with Crippen molar-refractivity contribution in [2.24, 2.45) is 0 Å². The van der Waals surface area contributed by atoms with E-state index in [1.807, 2.05) is 38.1 Å². The summed E-state index contributed by atoms with van der Waals surface area (Å²) in [5, 5.41) is 31.5. The number of hydrogen-bond acceptors (Lipinski definition) is 7. The third-order valence-electron chi connectivity index (χ3n) is 7.15. The van der Waals surface area contributed by atoms with Crippen LogP contribution in [0.2, 0.25) is 5.02 Å². The van der Waals surface area contributed by atoms with E-state index in [0.717, 1.165) is 33.4 Å². The van der Waals surface area contributed by atoms with Crippen LogP contribution in [-0.2, 0) is 24.6 Å². The first-order valence-corrected chi connectivity index (χ1v) is 14.3. The highest BCUT2D eigenvalue weighted by atomic mass is 35.5. The summed E-state index contributed by atoms with van der Waals surface area (Å²) in [5.74, 6) is 2.54. The number of nitrogens with one attached hydrogen (secondary N) is 1. The van der Waals surface area contributed by atoms with Crippen molar-refractivity contribution in [1.29, 1.82) is 5.26 Å². The molecule has 1 aromatic heterocycles. The van der Waals surface area contributed by atoms with Crippen LogP contribution in [0.4, 0.5) is 0 Å². The van der Waals surface area contributed by atoms with Crippen LogP contribution in [0.3, 0.4) is 0 Å². The van der Waals surface area contributed by atoms with Crippen LogP contribution in [0.25, 0.3) is 11.1 Å². The summed E-state index contributed by atoms with van der Waals surface area (Å²) in [6.07, 6.45) is 7.36. The molecule has 9 heteroatoms. The number of aliphatic hydroxyl groups excluding tert-OH is 1. The second-order valence-electron chi connectivity index (χ2n) is 10.3. The molecule has 1 heterocycles. The van der Waals surface area contributed by atoms with E-state index in [4.69, 9.17) is 32.6 Å². The topological polar surface area (TPSA) is 125 Å². The molecule has 4 aromatic rings. The first-order chi connectivity index (χ1) is 21.2. The average molecular weight is 610 g/mol. The van der Waals surface area contributed by atoms with Gasteiger partial charge in [-0.05, 0) is 59.9 Å². The lowest BCUT2D eigenvalue weighted by Gasteiger charge is -2.18. The van der Waals surface area contributed by atoms with Crippen LogP contribution in [0, 0.1) is 37.5 Å². The number of aliphatic hydroxyl groups is 1. The molecule has 8 nitrogen and oxygen atoms in total. The number of pyridine rings is 1. The largest absolute Gasteiger partial charge is 0.488 e. The van der Waals surface area contributed by atoms with Crippen molar-refractivity contribution in [3.8, 4) is 41.0 Å². The number of aliphatic carboxylic acids is 1. The number of nitriles is 1. The molecule has 0 amide bonds. The summed E-state index contributed by atoms with van der Waals surface area (Å²) < 4.78 is 12.3. The minimum absolute atomic E-state index is 0.0646. The number of ether oxygens (including phenoxy) is 2. The SMILES string of the molecule is C#Cc1cccc(-c2cccc(COc3cc(OCc4cncc(C#N)c4)c(CNC[C@@H](O)CC(=O)O)cc3Cl)c2C)c1C. The highest BCUT2D eigenvalue weighted by Crippen LogP contribution is 2.35. The van der Waals surface area contributed by atoms with Crippen molar-refractivity contribution in [2.75, 3.05) is 6.54 Å². The van der Waals surface area contributed by atoms with E-state index in [1.165, 1.54) is 6.20 Å². The van der Waals surface area contributed by atoms with E-state index in [9.17, 15) is 15.2 Å². The van der Waals surface area contributed by atoms with Crippen LogP contribution in [-0.4, -0.2) is 33.8 Å². The molecule has 0 radical (unpaired) electrons. The Bertz CT molecular complexity index is 1740. The third kappa shape index (κ3) is 8.15. The number of nitrogens with zero attached hydrogens (tertiary/aromatic N) is 2. The van der Waals surface area contributed by atoms with Gasteiger partial charge in [-0.1, -0.05) is 47.9 Å². The Balaban J connectivity index is 1.57. The van der Waals surface area contributed by atoms with E-state index in [1.54, 1.807) is 24.4 Å². The Hall–Kier alpha value is -4.86. The Morgan fingerprint density at radius 3 is 2.48 bits per heavy atom. The minimum Gasteiger partial charge on any atom is -0.488 e. The summed E-state index contributed by atoms with van der Waals surface area (Å²) >= 11 is 6.66. The van der Waals surface area contributed by atoms with Crippen molar-refractivity contribution < 1.29 is 24.5 Å². The van der Waals surface area contributed by atoms with Gasteiger partial charge in [0.25, 0.3) is 0 Å². The fourth-order valence-corrected chi connectivity index (χ4v) is 5.01. The van der Waals surface area contributed by atoms with Gasteiger partial charge >= 0.3 is 5.97 Å². The molecular weight excluding hydrogens is 578 g/mol. The van der Waals surface area contributed by atoms with E-state index in [-0.39, 0.29) is 32.7 Å². The zero-order chi connectivity index (χ0) is 31.6. The van der Waals surface area contributed by atoms with Gasteiger partial charge in [0.1, 0.15) is 30.8 Å². The number of hydrogen-bond donors (Lipinski definition) is 3. The molecule has 0 unspecified atom stereocenters. The molecule has 3 aromatic carbocycles. The lowest BCUT2D eigenvalue weighted by molar-refractivity contribution is -0.139. The van der Waals surface area contributed by atoms with Crippen molar-refractivity contribution in [3.63, 3.8) is 0 Å². The number of carbonyl (C=O) groups is 1. The Morgan fingerprint density at radius 2 is 1.75 bits per heavy atom. The maximum Gasteiger partial charge on any atom is 0.306 e.